The van der Waals surface area contributed by atoms with E-state index in [0.717, 1.165) is 16.9 Å². The van der Waals surface area contributed by atoms with Crippen molar-refractivity contribution in [2.75, 3.05) is 11.9 Å². The summed E-state index contributed by atoms with van der Waals surface area (Å²) in [6.07, 6.45) is 1.52. The van der Waals surface area contributed by atoms with Gasteiger partial charge in [0.15, 0.2) is 0 Å². The van der Waals surface area contributed by atoms with E-state index in [0.29, 0.717) is 10.6 Å². The zero-order chi connectivity index (χ0) is 14.0. The van der Waals surface area contributed by atoms with Crippen molar-refractivity contribution >= 4 is 23.2 Å². The maximum absolute atomic E-state index is 12.4. The Labute approximate surface area is 117 Å². The van der Waals surface area contributed by atoms with Gasteiger partial charge in [0.25, 0.3) is 5.91 Å². The van der Waals surface area contributed by atoms with Gasteiger partial charge in [0.05, 0.1) is 10.6 Å². The van der Waals surface area contributed by atoms with Crippen LogP contribution < -0.4 is 4.90 Å². The van der Waals surface area contributed by atoms with E-state index in [9.17, 15) is 4.79 Å². The van der Waals surface area contributed by atoms with Crippen LogP contribution in [0.4, 0.5) is 5.69 Å². The Morgan fingerprint density at radius 3 is 2.58 bits per heavy atom. The normalized spacial score (nSPS) is 10.3. The molecule has 19 heavy (non-hydrogen) atoms. The number of anilines is 1. The molecule has 0 radical (unpaired) electrons. The number of pyridine rings is 1. The first kappa shape index (κ1) is 13.6. The van der Waals surface area contributed by atoms with Crippen molar-refractivity contribution in [2.45, 2.75) is 13.8 Å². The van der Waals surface area contributed by atoms with Crippen molar-refractivity contribution in [1.29, 1.82) is 0 Å². The summed E-state index contributed by atoms with van der Waals surface area (Å²) in [5.74, 6) is -0.160. The van der Waals surface area contributed by atoms with E-state index in [4.69, 9.17) is 11.6 Å². The number of benzene rings is 1. The Kier molecular flexibility index (Phi) is 3.86. The Balaban J connectivity index is 2.37. The van der Waals surface area contributed by atoms with Crippen LogP contribution in [-0.4, -0.2) is 17.9 Å². The lowest BCUT2D eigenvalue weighted by atomic mass is 10.1. The molecular weight excluding hydrogens is 260 g/mol. The number of para-hydroxylation sites is 1. The van der Waals surface area contributed by atoms with E-state index in [-0.39, 0.29) is 5.91 Å². The highest BCUT2D eigenvalue weighted by molar-refractivity contribution is 6.34. The monoisotopic (exact) mass is 274 g/mol. The Bertz CT molecular complexity index is 625. The Morgan fingerprint density at radius 1 is 1.26 bits per heavy atom. The second-order valence-corrected chi connectivity index (χ2v) is 4.86. The van der Waals surface area contributed by atoms with Crippen LogP contribution in [0.25, 0.3) is 0 Å². The zero-order valence-electron chi connectivity index (χ0n) is 11.1. The van der Waals surface area contributed by atoms with Gasteiger partial charge in [-0.1, -0.05) is 29.8 Å². The topological polar surface area (TPSA) is 33.2 Å². The molecule has 0 aliphatic rings. The van der Waals surface area contributed by atoms with Crippen LogP contribution in [0.1, 0.15) is 21.6 Å². The molecule has 1 aromatic carbocycles. The Hall–Kier alpha value is -1.87. The van der Waals surface area contributed by atoms with Crippen LogP contribution in [0.2, 0.25) is 5.02 Å². The highest BCUT2D eigenvalue weighted by Crippen LogP contribution is 2.23. The van der Waals surface area contributed by atoms with Crippen molar-refractivity contribution in [3.05, 3.63) is 58.4 Å². The third-order valence-electron chi connectivity index (χ3n) is 3.00. The fourth-order valence-electron chi connectivity index (χ4n) is 1.91. The molecule has 0 unspecified atom stereocenters. The second kappa shape index (κ2) is 5.41. The van der Waals surface area contributed by atoms with E-state index < -0.39 is 0 Å². The highest BCUT2D eigenvalue weighted by Gasteiger charge is 2.18. The van der Waals surface area contributed by atoms with Crippen molar-refractivity contribution < 1.29 is 4.79 Å². The molecule has 0 aliphatic heterocycles. The largest absolute Gasteiger partial charge is 0.311 e. The first-order valence-corrected chi connectivity index (χ1v) is 6.34. The number of carbonyl (C=O) groups is 1. The van der Waals surface area contributed by atoms with Crippen LogP contribution in [0, 0.1) is 13.8 Å². The van der Waals surface area contributed by atoms with Crippen LogP contribution >= 0.6 is 11.6 Å². The van der Waals surface area contributed by atoms with E-state index in [1.54, 1.807) is 18.0 Å². The quantitative estimate of drug-likeness (QED) is 0.838. The van der Waals surface area contributed by atoms with Gasteiger partial charge in [-0.3, -0.25) is 9.78 Å². The average molecular weight is 275 g/mol. The molecule has 0 aliphatic carbocycles. The number of aryl methyl sites for hydroxylation is 2. The second-order valence-electron chi connectivity index (χ2n) is 4.46. The number of hydrogen-bond acceptors (Lipinski definition) is 2. The molecule has 2 rings (SSSR count). The number of aromatic nitrogens is 1. The Morgan fingerprint density at radius 2 is 1.95 bits per heavy atom. The van der Waals surface area contributed by atoms with E-state index in [2.05, 4.69) is 4.98 Å². The summed E-state index contributed by atoms with van der Waals surface area (Å²) in [6.45, 7) is 3.80. The maximum Gasteiger partial charge on any atom is 0.261 e. The van der Waals surface area contributed by atoms with Gasteiger partial charge in [-0.15, -0.1) is 0 Å². The molecule has 1 amide bonds. The molecule has 2 aromatic rings. The smallest absolute Gasteiger partial charge is 0.261 e. The predicted molar refractivity (Wildman–Crippen MR) is 77.9 cm³/mol. The molecule has 98 valence electrons. The van der Waals surface area contributed by atoms with Crippen molar-refractivity contribution in [3.8, 4) is 0 Å². The van der Waals surface area contributed by atoms with Gasteiger partial charge < -0.3 is 4.90 Å². The van der Waals surface area contributed by atoms with Crippen LogP contribution in [0.3, 0.4) is 0 Å². The van der Waals surface area contributed by atoms with Gasteiger partial charge in [-0.05, 0) is 31.5 Å². The molecule has 0 spiro atoms. The van der Waals surface area contributed by atoms with E-state index in [1.807, 2.05) is 38.1 Å². The highest BCUT2D eigenvalue weighted by atomic mass is 35.5. The van der Waals surface area contributed by atoms with Crippen LogP contribution in [0.15, 0.2) is 36.5 Å². The van der Waals surface area contributed by atoms with Crippen molar-refractivity contribution in [2.24, 2.45) is 0 Å². The maximum atomic E-state index is 12.4. The molecule has 1 aromatic heterocycles. The number of amides is 1. The summed E-state index contributed by atoms with van der Waals surface area (Å²) in [5, 5.41) is 0.429. The van der Waals surface area contributed by atoms with E-state index >= 15 is 0 Å². The standard InChI is InChI=1S/C15H15ClN2O/c1-10-6-4-5-7-14(10)18(3)15(19)12-9-17-11(2)8-13(12)16/h4-9H,1-3H3. The molecule has 0 N–H and O–H groups in total. The lowest BCUT2D eigenvalue weighted by molar-refractivity contribution is 0.0992. The summed E-state index contributed by atoms with van der Waals surface area (Å²) >= 11 is 6.11. The van der Waals surface area contributed by atoms with Crippen LogP contribution in [0.5, 0.6) is 0 Å². The van der Waals surface area contributed by atoms with Gasteiger partial charge in [0.2, 0.25) is 0 Å². The predicted octanol–water partition coefficient (Wildman–Crippen LogP) is 3.63. The zero-order valence-corrected chi connectivity index (χ0v) is 11.9. The van der Waals surface area contributed by atoms with Crippen molar-refractivity contribution in [1.82, 2.24) is 4.98 Å². The molecule has 0 saturated heterocycles. The fraction of sp³-hybridized carbons (Fsp3) is 0.200. The third kappa shape index (κ3) is 2.76. The lowest BCUT2D eigenvalue weighted by Crippen LogP contribution is -2.27. The van der Waals surface area contributed by atoms with Gasteiger partial charge >= 0.3 is 0 Å². The van der Waals surface area contributed by atoms with Gasteiger partial charge in [-0.2, -0.15) is 0 Å². The molecule has 3 nitrogen and oxygen atoms in total. The van der Waals surface area contributed by atoms with Crippen LogP contribution in [-0.2, 0) is 0 Å². The first-order valence-electron chi connectivity index (χ1n) is 5.96. The minimum absolute atomic E-state index is 0.160. The number of hydrogen-bond donors (Lipinski definition) is 0. The SMILES string of the molecule is Cc1cc(Cl)c(C(=O)N(C)c2ccccc2C)cn1. The van der Waals surface area contributed by atoms with Gasteiger partial charge in [0.1, 0.15) is 0 Å². The summed E-state index contributed by atoms with van der Waals surface area (Å²) in [7, 11) is 1.74. The number of nitrogens with zero attached hydrogens (tertiary/aromatic N) is 2. The molecule has 0 fully saturated rings. The number of rotatable bonds is 2. The summed E-state index contributed by atoms with van der Waals surface area (Å²) in [4.78, 5) is 18.1. The minimum atomic E-state index is -0.160. The summed E-state index contributed by atoms with van der Waals surface area (Å²) in [6, 6.07) is 9.41. The minimum Gasteiger partial charge on any atom is -0.311 e. The third-order valence-corrected chi connectivity index (χ3v) is 3.31. The molecule has 0 bridgehead atoms. The first-order chi connectivity index (χ1) is 9.00. The molecule has 4 heteroatoms. The average Bonchev–Trinajstić information content (AvgIpc) is 2.38. The van der Waals surface area contributed by atoms with E-state index in [1.165, 1.54) is 6.20 Å². The molecule has 0 saturated carbocycles. The summed E-state index contributed by atoms with van der Waals surface area (Å²) in [5.41, 5.74) is 3.11. The molecular formula is C15H15ClN2O. The van der Waals surface area contributed by atoms with Gasteiger partial charge in [0, 0.05) is 24.6 Å². The summed E-state index contributed by atoms with van der Waals surface area (Å²) < 4.78 is 0. The van der Waals surface area contributed by atoms with Crippen molar-refractivity contribution in [3.63, 3.8) is 0 Å². The number of halogens is 1. The fourth-order valence-corrected chi connectivity index (χ4v) is 2.20. The van der Waals surface area contributed by atoms with Gasteiger partial charge in [-0.25, -0.2) is 0 Å². The molecule has 1 heterocycles. The number of carbonyl (C=O) groups excluding carboxylic acids is 1. The molecule has 0 atom stereocenters. The lowest BCUT2D eigenvalue weighted by Gasteiger charge is -2.20.